The number of carboxylic acid groups (broad SMARTS) is 1. The normalized spacial score (nSPS) is 20.8. The quantitative estimate of drug-likeness (QED) is 0.227. The van der Waals surface area contributed by atoms with Crippen molar-refractivity contribution in [3.63, 3.8) is 0 Å². The van der Waals surface area contributed by atoms with Gasteiger partial charge in [0.2, 0.25) is 0 Å². The summed E-state index contributed by atoms with van der Waals surface area (Å²) in [5.74, 6) is -2.57. The van der Waals surface area contributed by atoms with Crippen LogP contribution in [0, 0.1) is 15.5 Å². The van der Waals surface area contributed by atoms with E-state index in [4.69, 9.17) is 11.6 Å². The highest BCUT2D eigenvalue weighted by Crippen LogP contribution is 2.47. The lowest BCUT2D eigenvalue weighted by Crippen LogP contribution is -2.50. The molecule has 31 heavy (non-hydrogen) atoms. The van der Waals surface area contributed by atoms with E-state index in [2.05, 4.69) is 10.5 Å². The number of carbonyl (C=O) groups excluding carboxylic acids is 1. The number of allylic oxidation sites excluding steroid dienone is 2. The summed E-state index contributed by atoms with van der Waals surface area (Å²) in [6.07, 6.45) is 3.51. The number of nitrogens with zero attached hydrogens (tertiary/aromatic N) is 2. The highest BCUT2D eigenvalue weighted by Gasteiger charge is 2.53. The molecule has 160 valence electrons. The molecule has 2 aromatic rings. The topological polar surface area (TPSA) is 122 Å². The first-order chi connectivity index (χ1) is 14.7. The van der Waals surface area contributed by atoms with Crippen LogP contribution in [-0.2, 0) is 9.59 Å². The van der Waals surface area contributed by atoms with E-state index in [-0.39, 0.29) is 12.1 Å². The van der Waals surface area contributed by atoms with Crippen molar-refractivity contribution in [3.8, 4) is 0 Å². The number of carboxylic acids is 1. The van der Waals surface area contributed by atoms with Gasteiger partial charge >= 0.3 is 5.97 Å². The Morgan fingerprint density at radius 3 is 2.45 bits per heavy atom. The molecule has 1 aliphatic carbocycles. The lowest BCUT2D eigenvalue weighted by molar-refractivity contribution is -0.384. The van der Waals surface area contributed by atoms with Gasteiger partial charge in [-0.3, -0.25) is 19.7 Å². The molecule has 2 unspecified atom stereocenters. The molecule has 0 aromatic heterocycles. The first-order valence-electron chi connectivity index (χ1n) is 9.46. The van der Waals surface area contributed by atoms with Gasteiger partial charge in [-0.25, -0.2) is 5.43 Å². The molecule has 0 fully saturated rings. The molecule has 3 rings (SSSR count). The number of non-ortho nitro benzene ring substituents is 1. The van der Waals surface area contributed by atoms with E-state index in [1.165, 1.54) is 30.5 Å². The van der Waals surface area contributed by atoms with Gasteiger partial charge < -0.3 is 5.11 Å². The van der Waals surface area contributed by atoms with Crippen LogP contribution >= 0.6 is 11.6 Å². The number of halogens is 1. The third-order valence-corrected chi connectivity index (χ3v) is 5.69. The summed E-state index contributed by atoms with van der Waals surface area (Å²) in [6.45, 7) is 1.90. The average Bonchev–Trinajstić information content (AvgIpc) is 2.74. The van der Waals surface area contributed by atoms with Crippen molar-refractivity contribution < 1.29 is 19.6 Å². The van der Waals surface area contributed by atoms with Crippen molar-refractivity contribution in [1.82, 2.24) is 5.43 Å². The van der Waals surface area contributed by atoms with Crippen LogP contribution in [0.3, 0.4) is 0 Å². The number of carbonyl (C=O) groups is 2. The molecule has 0 heterocycles. The zero-order chi connectivity index (χ0) is 22.6. The number of nitrogens with one attached hydrogen (secondary N) is 1. The van der Waals surface area contributed by atoms with Gasteiger partial charge in [0, 0.05) is 23.1 Å². The molecule has 0 saturated carbocycles. The highest BCUT2D eigenvalue weighted by molar-refractivity contribution is 6.30. The number of benzene rings is 2. The molecule has 8 nitrogen and oxygen atoms in total. The van der Waals surface area contributed by atoms with Crippen LogP contribution in [-0.4, -0.2) is 28.1 Å². The first kappa shape index (κ1) is 22.2. The molecular weight excluding hydrogens is 422 g/mol. The van der Waals surface area contributed by atoms with E-state index in [1.54, 1.807) is 30.3 Å². The molecule has 0 bridgehead atoms. The molecule has 0 spiro atoms. The molecule has 2 atom stereocenters. The Bertz CT molecular complexity index is 1060. The number of hydrogen-bond acceptors (Lipinski definition) is 5. The van der Waals surface area contributed by atoms with Crippen LogP contribution in [0.2, 0.25) is 5.02 Å². The van der Waals surface area contributed by atoms with Crippen LogP contribution in [0.15, 0.2) is 65.3 Å². The Morgan fingerprint density at radius 2 is 1.87 bits per heavy atom. The fourth-order valence-corrected chi connectivity index (χ4v) is 3.81. The second-order valence-corrected chi connectivity index (χ2v) is 7.82. The fourth-order valence-electron chi connectivity index (χ4n) is 3.69. The van der Waals surface area contributed by atoms with Gasteiger partial charge in [-0.15, -0.1) is 0 Å². The predicted molar refractivity (Wildman–Crippen MR) is 116 cm³/mol. The lowest BCUT2D eigenvalue weighted by atomic mass is 9.64. The van der Waals surface area contributed by atoms with Crippen LogP contribution in [0.1, 0.15) is 36.8 Å². The zero-order valence-corrected chi connectivity index (χ0v) is 17.4. The number of aliphatic carboxylic acids is 1. The SMILES string of the molecule is CC1=CCC(C(=O)O)(C(=O)N/N=C/c2ccc([N+](=O)[O-])cc2)C(c2ccc(Cl)cc2)C1. The molecule has 2 N–H and O–H groups in total. The van der Waals surface area contributed by atoms with Crippen molar-refractivity contribution >= 4 is 35.4 Å². The van der Waals surface area contributed by atoms with Crippen molar-refractivity contribution in [2.75, 3.05) is 0 Å². The standard InChI is InChI=1S/C22H20ClN3O5/c1-14-10-11-22(21(28)29,19(12-14)16-4-6-17(23)7-5-16)20(27)25-24-13-15-2-8-18(9-3-15)26(30)31/h2-10,13,19H,11-12H2,1H3,(H,25,27)(H,28,29)/b24-13+. The van der Waals surface area contributed by atoms with Gasteiger partial charge in [0.25, 0.3) is 11.6 Å². The van der Waals surface area contributed by atoms with Crippen LogP contribution < -0.4 is 5.43 Å². The Balaban J connectivity index is 1.87. The van der Waals surface area contributed by atoms with E-state index in [0.717, 1.165) is 5.57 Å². The third-order valence-electron chi connectivity index (χ3n) is 5.44. The summed E-state index contributed by atoms with van der Waals surface area (Å²) in [7, 11) is 0. The molecule has 9 heteroatoms. The van der Waals surface area contributed by atoms with Crippen molar-refractivity contribution in [1.29, 1.82) is 0 Å². The first-order valence-corrected chi connectivity index (χ1v) is 9.84. The summed E-state index contributed by atoms with van der Waals surface area (Å²) in [5, 5.41) is 25.2. The monoisotopic (exact) mass is 441 g/mol. The maximum atomic E-state index is 13.1. The maximum Gasteiger partial charge on any atom is 0.320 e. The van der Waals surface area contributed by atoms with Crippen molar-refractivity contribution in [2.24, 2.45) is 10.5 Å². The molecule has 1 amide bonds. The van der Waals surface area contributed by atoms with E-state index in [9.17, 15) is 24.8 Å². The zero-order valence-electron chi connectivity index (χ0n) is 16.6. The van der Waals surface area contributed by atoms with Crippen LogP contribution in [0.4, 0.5) is 5.69 Å². The van der Waals surface area contributed by atoms with Gasteiger partial charge in [-0.05, 0) is 55.2 Å². The van der Waals surface area contributed by atoms with Gasteiger partial charge in [-0.1, -0.05) is 35.4 Å². The van der Waals surface area contributed by atoms with E-state index in [1.807, 2.05) is 6.92 Å². The number of rotatable bonds is 6. The van der Waals surface area contributed by atoms with E-state index < -0.39 is 28.1 Å². The van der Waals surface area contributed by atoms with Gasteiger partial charge in [0.15, 0.2) is 5.41 Å². The summed E-state index contributed by atoms with van der Waals surface area (Å²) in [5.41, 5.74) is 2.76. The maximum absolute atomic E-state index is 13.1. The minimum Gasteiger partial charge on any atom is -0.480 e. The second-order valence-electron chi connectivity index (χ2n) is 7.39. The highest BCUT2D eigenvalue weighted by atomic mass is 35.5. The number of nitro groups is 1. The largest absolute Gasteiger partial charge is 0.480 e. The van der Waals surface area contributed by atoms with Crippen molar-refractivity contribution in [3.05, 3.63) is 86.4 Å². The molecule has 0 saturated heterocycles. The predicted octanol–water partition coefficient (Wildman–Crippen LogP) is 4.29. The van der Waals surface area contributed by atoms with Crippen molar-refractivity contribution in [2.45, 2.75) is 25.7 Å². The summed E-state index contributed by atoms with van der Waals surface area (Å²) >= 11 is 5.97. The second kappa shape index (κ2) is 9.09. The minimum atomic E-state index is -1.74. The average molecular weight is 442 g/mol. The number of amides is 1. The van der Waals surface area contributed by atoms with Crippen LogP contribution in [0.25, 0.3) is 0 Å². The summed E-state index contributed by atoms with van der Waals surface area (Å²) in [4.78, 5) is 35.7. The Kier molecular flexibility index (Phi) is 6.50. The summed E-state index contributed by atoms with van der Waals surface area (Å²) in [6, 6.07) is 12.4. The smallest absolute Gasteiger partial charge is 0.320 e. The van der Waals surface area contributed by atoms with E-state index in [0.29, 0.717) is 22.6 Å². The third kappa shape index (κ3) is 4.64. The lowest BCUT2D eigenvalue weighted by Gasteiger charge is -2.38. The number of nitro benzene ring substituents is 1. The Morgan fingerprint density at radius 1 is 1.23 bits per heavy atom. The summed E-state index contributed by atoms with van der Waals surface area (Å²) < 4.78 is 0. The van der Waals surface area contributed by atoms with Gasteiger partial charge in [-0.2, -0.15) is 5.10 Å². The minimum absolute atomic E-state index is 0.0281. The fraction of sp³-hybridized carbons (Fsp3) is 0.227. The molecule has 1 aliphatic rings. The number of hydrogen-bond donors (Lipinski definition) is 2. The molecule has 2 aromatic carbocycles. The Hall–Kier alpha value is -3.52. The van der Waals surface area contributed by atoms with E-state index >= 15 is 0 Å². The Labute approximate surface area is 183 Å². The van der Waals surface area contributed by atoms with Gasteiger partial charge in [0.1, 0.15) is 0 Å². The van der Waals surface area contributed by atoms with Gasteiger partial charge in [0.05, 0.1) is 11.1 Å². The number of hydrazone groups is 1. The molecule has 0 radical (unpaired) electrons. The van der Waals surface area contributed by atoms with Crippen LogP contribution in [0.5, 0.6) is 0 Å². The molecular formula is C22H20ClN3O5. The molecule has 0 aliphatic heterocycles.